The zero-order valence-electron chi connectivity index (χ0n) is 12.1. The number of hydrogen-bond acceptors (Lipinski definition) is 4. The lowest BCUT2D eigenvalue weighted by Gasteiger charge is -2.10. The molecule has 0 unspecified atom stereocenters. The van der Waals surface area contributed by atoms with Gasteiger partial charge >= 0.3 is 0 Å². The molecule has 2 aromatic carbocycles. The molecular weight excluding hydrogens is 292 g/mol. The van der Waals surface area contributed by atoms with Gasteiger partial charge in [-0.2, -0.15) is 0 Å². The van der Waals surface area contributed by atoms with Crippen LogP contribution < -0.4 is 11.1 Å². The van der Waals surface area contributed by atoms with Crippen molar-refractivity contribution >= 4 is 22.8 Å². The van der Waals surface area contributed by atoms with E-state index in [0.29, 0.717) is 27.7 Å². The Morgan fingerprint density at radius 2 is 1.83 bits per heavy atom. The molecule has 0 saturated carbocycles. The normalized spacial score (nSPS) is 10.4. The molecule has 0 bridgehead atoms. The van der Waals surface area contributed by atoms with Gasteiger partial charge in [-0.25, -0.2) is 4.98 Å². The Kier molecular flexibility index (Phi) is 3.64. The lowest BCUT2D eigenvalue weighted by atomic mass is 10.0. The molecule has 0 aliphatic carbocycles. The van der Waals surface area contributed by atoms with Gasteiger partial charge in [-0.3, -0.25) is 15.5 Å². The highest BCUT2D eigenvalue weighted by Gasteiger charge is 2.15. The summed E-state index contributed by atoms with van der Waals surface area (Å²) < 4.78 is 0. The molecule has 0 atom stereocenters. The fourth-order valence-electron chi connectivity index (χ4n) is 2.38. The van der Waals surface area contributed by atoms with Crippen molar-refractivity contribution in [3.63, 3.8) is 0 Å². The van der Waals surface area contributed by atoms with Gasteiger partial charge in [-0.05, 0) is 24.3 Å². The predicted octanol–water partition coefficient (Wildman–Crippen LogP) is 2.23. The van der Waals surface area contributed by atoms with E-state index in [0.717, 1.165) is 0 Å². The minimum Gasteiger partial charge on any atom is -0.507 e. The summed E-state index contributed by atoms with van der Waals surface area (Å²) in [6.07, 6.45) is 0. The van der Waals surface area contributed by atoms with Crippen LogP contribution >= 0.6 is 0 Å². The summed E-state index contributed by atoms with van der Waals surface area (Å²) in [6.45, 7) is 0. The number of hydrogen-bond donors (Lipinski definition) is 4. The van der Waals surface area contributed by atoms with Crippen molar-refractivity contribution in [1.29, 1.82) is 5.41 Å². The van der Waals surface area contributed by atoms with E-state index < -0.39 is 11.9 Å². The van der Waals surface area contributed by atoms with Crippen molar-refractivity contribution in [2.75, 3.05) is 0 Å². The number of guanidine groups is 1. The Bertz CT molecular complexity index is 921. The van der Waals surface area contributed by atoms with Crippen molar-refractivity contribution < 1.29 is 9.90 Å². The number of nitrogens with two attached hydrogens (primary N) is 1. The van der Waals surface area contributed by atoms with E-state index >= 15 is 0 Å². The first kappa shape index (κ1) is 14.5. The van der Waals surface area contributed by atoms with Crippen molar-refractivity contribution in [1.82, 2.24) is 10.3 Å². The summed E-state index contributed by atoms with van der Waals surface area (Å²) in [5.41, 5.74) is 7.19. The molecule has 3 rings (SSSR count). The molecule has 0 saturated heterocycles. The molecular formula is C17H14N4O2. The Hall–Kier alpha value is -3.41. The number of phenolic OH excluding ortho intramolecular Hbond substituents is 1. The zero-order chi connectivity index (χ0) is 16.4. The van der Waals surface area contributed by atoms with Crippen LogP contribution in [0, 0.1) is 5.41 Å². The third-order valence-corrected chi connectivity index (χ3v) is 3.39. The van der Waals surface area contributed by atoms with Gasteiger partial charge in [0.15, 0.2) is 5.96 Å². The highest BCUT2D eigenvalue weighted by atomic mass is 16.3. The molecule has 6 nitrogen and oxygen atoms in total. The van der Waals surface area contributed by atoms with Gasteiger partial charge in [0.25, 0.3) is 5.91 Å². The molecule has 5 N–H and O–H groups in total. The van der Waals surface area contributed by atoms with E-state index in [4.69, 9.17) is 11.1 Å². The first-order valence-electron chi connectivity index (χ1n) is 6.90. The second-order valence-corrected chi connectivity index (χ2v) is 4.96. The van der Waals surface area contributed by atoms with Gasteiger partial charge in [0, 0.05) is 10.9 Å². The average Bonchev–Trinajstić information content (AvgIpc) is 2.53. The summed E-state index contributed by atoms with van der Waals surface area (Å²) in [4.78, 5) is 16.8. The molecule has 6 heteroatoms. The van der Waals surface area contributed by atoms with Crippen LogP contribution in [0.5, 0.6) is 5.75 Å². The molecule has 0 aliphatic heterocycles. The van der Waals surface area contributed by atoms with Crippen LogP contribution in [0.1, 0.15) is 10.4 Å². The predicted molar refractivity (Wildman–Crippen MR) is 88.2 cm³/mol. The molecule has 1 aromatic heterocycles. The maximum absolute atomic E-state index is 12.3. The summed E-state index contributed by atoms with van der Waals surface area (Å²) in [6, 6.07) is 15.5. The fraction of sp³-hybridized carbons (Fsp3) is 0. The summed E-state index contributed by atoms with van der Waals surface area (Å²) in [5, 5.41) is 20.2. The van der Waals surface area contributed by atoms with Crippen molar-refractivity contribution in [3.8, 4) is 17.0 Å². The lowest BCUT2D eigenvalue weighted by molar-refractivity contribution is 0.0978. The number of carbonyl (C=O) groups excluding carboxylic acids is 1. The van der Waals surface area contributed by atoms with Crippen LogP contribution in [-0.4, -0.2) is 22.0 Å². The van der Waals surface area contributed by atoms with E-state index in [1.54, 1.807) is 48.5 Å². The monoisotopic (exact) mass is 306 g/mol. The lowest BCUT2D eigenvalue weighted by Crippen LogP contribution is -2.35. The number of pyridine rings is 1. The van der Waals surface area contributed by atoms with E-state index in [-0.39, 0.29) is 5.75 Å². The number of amides is 1. The number of rotatable bonds is 2. The largest absolute Gasteiger partial charge is 0.507 e. The minimum atomic E-state index is -0.493. The molecule has 1 amide bonds. The molecule has 3 aromatic rings. The Morgan fingerprint density at radius 3 is 2.57 bits per heavy atom. The summed E-state index contributed by atoms with van der Waals surface area (Å²) in [7, 11) is 0. The van der Waals surface area contributed by atoms with Gasteiger partial charge in [0.05, 0.1) is 16.8 Å². The number of fused-ring (bicyclic) bond motifs is 1. The number of nitrogens with zero attached hydrogens (tertiary/aromatic N) is 1. The quantitative estimate of drug-likeness (QED) is 0.429. The molecule has 1 heterocycles. The van der Waals surface area contributed by atoms with Crippen LogP contribution in [0.2, 0.25) is 0 Å². The standard InChI is InChI=1S/C17H14N4O2/c18-17(19)21-16(23)12-9-14(11-6-2-4-8-15(11)22)20-13-7-3-1-5-10(12)13/h1-9,22H,(H4,18,19,21,23). The second-order valence-electron chi connectivity index (χ2n) is 4.96. The van der Waals surface area contributed by atoms with Gasteiger partial charge in [0.2, 0.25) is 0 Å². The number of para-hydroxylation sites is 2. The zero-order valence-corrected chi connectivity index (χ0v) is 12.1. The molecule has 0 aliphatic rings. The van der Waals surface area contributed by atoms with Gasteiger partial charge in [0.1, 0.15) is 5.75 Å². The first-order chi connectivity index (χ1) is 11.1. The number of nitrogens with one attached hydrogen (secondary N) is 2. The third-order valence-electron chi connectivity index (χ3n) is 3.39. The van der Waals surface area contributed by atoms with E-state index in [9.17, 15) is 9.90 Å². The van der Waals surface area contributed by atoms with Crippen molar-refractivity contribution in [2.45, 2.75) is 0 Å². The summed E-state index contributed by atoms with van der Waals surface area (Å²) >= 11 is 0. The topological polar surface area (TPSA) is 112 Å². The Balaban J connectivity index is 2.24. The summed E-state index contributed by atoms with van der Waals surface area (Å²) in [5.74, 6) is -0.846. The minimum absolute atomic E-state index is 0.0770. The van der Waals surface area contributed by atoms with Crippen LogP contribution in [0.25, 0.3) is 22.2 Å². The number of aromatic hydroxyl groups is 1. The average molecular weight is 306 g/mol. The molecule has 0 fully saturated rings. The van der Waals surface area contributed by atoms with Crippen LogP contribution in [0.3, 0.4) is 0 Å². The maximum atomic E-state index is 12.3. The highest BCUT2D eigenvalue weighted by molar-refractivity contribution is 6.12. The first-order valence-corrected chi connectivity index (χ1v) is 6.90. The SMILES string of the molecule is N=C(N)NC(=O)c1cc(-c2ccccc2O)nc2ccccc12. The van der Waals surface area contributed by atoms with Crippen LogP contribution in [-0.2, 0) is 0 Å². The van der Waals surface area contributed by atoms with E-state index in [1.807, 2.05) is 6.07 Å². The third kappa shape index (κ3) is 2.82. The molecule has 114 valence electrons. The maximum Gasteiger partial charge on any atom is 0.258 e. The Morgan fingerprint density at radius 1 is 1.13 bits per heavy atom. The van der Waals surface area contributed by atoms with Gasteiger partial charge in [-0.1, -0.05) is 30.3 Å². The second kappa shape index (κ2) is 5.76. The molecule has 0 spiro atoms. The molecule has 0 radical (unpaired) electrons. The Labute approximate surface area is 132 Å². The smallest absolute Gasteiger partial charge is 0.258 e. The van der Waals surface area contributed by atoms with Crippen molar-refractivity contribution in [3.05, 3.63) is 60.2 Å². The number of phenols is 1. The van der Waals surface area contributed by atoms with Gasteiger partial charge in [-0.15, -0.1) is 0 Å². The molecule has 23 heavy (non-hydrogen) atoms. The van der Waals surface area contributed by atoms with E-state index in [1.165, 1.54) is 0 Å². The number of aromatic nitrogens is 1. The number of benzene rings is 2. The van der Waals surface area contributed by atoms with Gasteiger partial charge < -0.3 is 10.8 Å². The van der Waals surface area contributed by atoms with Crippen LogP contribution in [0.15, 0.2) is 54.6 Å². The van der Waals surface area contributed by atoms with Crippen LogP contribution in [0.4, 0.5) is 0 Å². The van der Waals surface area contributed by atoms with Crippen molar-refractivity contribution in [2.24, 2.45) is 5.73 Å². The fourth-order valence-corrected chi connectivity index (χ4v) is 2.38. The number of carbonyl (C=O) groups is 1. The highest BCUT2D eigenvalue weighted by Crippen LogP contribution is 2.30. The van der Waals surface area contributed by atoms with E-state index in [2.05, 4.69) is 10.3 Å².